The molecule has 1 aliphatic rings. The Morgan fingerprint density at radius 2 is 1.83 bits per heavy atom. The van der Waals surface area contributed by atoms with Crippen LogP contribution in [0.1, 0.15) is 33.7 Å². The lowest BCUT2D eigenvalue weighted by molar-refractivity contribution is -0.128. The van der Waals surface area contributed by atoms with Crippen molar-refractivity contribution in [3.05, 3.63) is 140 Å². The number of carbonyl (C=O) groups excluding carboxylic acids is 1. The van der Waals surface area contributed by atoms with Crippen molar-refractivity contribution in [3.8, 4) is 23.3 Å². The van der Waals surface area contributed by atoms with Gasteiger partial charge in [0.05, 0.1) is 5.92 Å². The quantitative estimate of drug-likeness (QED) is 0.136. The van der Waals surface area contributed by atoms with Crippen molar-refractivity contribution >= 4 is 35.2 Å². The summed E-state index contributed by atoms with van der Waals surface area (Å²) < 4.78 is 17.3. The highest BCUT2D eigenvalue weighted by Gasteiger charge is 2.31. The van der Waals surface area contributed by atoms with Crippen LogP contribution < -0.4 is 19.9 Å². The van der Waals surface area contributed by atoms with Crippen molar-refractivity contribution in [2.24, 2.45) is 5.73 Å². The Morgan fingerprint density at radius 1 is 1.02 bits per heavy atom. The minimum Gasteiger partial charge on any atom is -0.489 e. The number of ether oxygens (including phenoxy) is 3. The number of rotatable bonds is 7. The molecule has 0 saturated heterocycles. The summed E-state index contributed by atoms with van der Waals surface area (Å²) in [5.74, 6) is 0.183. The molecule has 2 N–H and O–H groups in total. The zero-order valence-electron chi connectivity index (χ0n) is 21.9. The highest BCUT2D eigenvalue weighted by atomic mass is 35.5. The number of benzene rings is 4. The molecule has 0 amide bonds. The number of nitrogens with two attached hydrogens (primary N) is 1. The number of hydrogen-bond donors (Lipinski definition) is 1. The van der Waals surface area contributed by atoms with Gasteiger partial charge < -0.3 is 19.9 Å². The number of nitrogens with zero attached hydrogens (tertiary/aromatic N) is 1. The number of hydrogen-bond acceptors (Lipinski definition) is 6. The number of esters is 1. The van der Waals surface area contributed by atoms with Crippen molar-refractivity contribution in [3.63, 3.8) is 0 Å². The number of allylic oxidation sites excluding steroid dienone is 1. The Labute approximate surface area is 247 Å². The summed E-state index contributed by atoms with van der Waals surface area (Å²) in [6, 6.07) is 27.6. The summed E-state index contributed by atoms with van der Waals surface area (Å²) in [7, 11) is 0. The van der Waals surface area contributed by atoms with Crippen LogP contribution in [-0.2, 0) is 11.4 Å². The van der Waals surface area contributed by atoms with E-state index in [0.717, 1.165) is 22.3 Å². The summed E-state index contributed by atoms with van der Waals surface area (Å²) >= 11 is 12.3. The summed E-state index contributed by atoms with van der Waals surface area (Å²) in [5, 5.41) is 11.0. The molecule has 0 aliphatic carbocycles. The Bertz CT molecular complexity index is 1720. The molecule has 0 radical (unpaired) electrons. The third-order valence-corrected chi connectivity index (χ3v) is 7.09. The third kappa shape index (κ3) is 6.55. The van der Waals surface area contributed by atoms with E-state index in [0.29, 0.717) is 27.1 Å². The fourth-order valence-electron chi connectivity index (χ4n) is 4.42. The smallest absolute Gasteiger partial charge is 0.336 e. The van der Waals surface area contributed by atoms with E-state index < -0.39 is 11.9 Å². The first-order chi connectivity index (χ1) is 19.8. The molecule has 6 nitrogen and oxygen atoms in total. The van der Waals surface area contributed by atoms with E-state index in [4.69, 9.17) is 43.1 Å². The molecule has 0 fully saturated rings. The Kier molecular flexibility index (Phi) is 8.30. The average Bonchev–Trinajstić information content (AvgIpc) is 2.96. The largest absolute Gasteiger partial charge is 0.489 e. The monoisotopic (exact) mass is 582 g/mol. The Balaban J connectivity index is 1.37. The normalized spacial score (nSPS) is 14.2. The Hall–Kier alpha value is -4.70. The second-order valence-corrected chi connectivity index (χ2v) is 10.2. The summed E-state index contributed by atoms with van der Waals surface area (Å²) in [4.78, 5) is 12.5. The van der Waals surface area contributed by atoms with Gasteiger partial charge in [-0.05, 0) is 54.5 Å². The zero-order valence-corrected chi connectivity index (χ0v) is 23.4. The first kappa shape index (κ1) is 27.9. The fourth-order valence-corrected chi connectivity index (χ4v) is 4.88. The molecule has 0 saturated carbocycles. The van der Waals surface area contributed by atoms with Crippen LogP contribution in [0.15, 0.2) is 102 Å². The highest BCUT2D eigenvalue weighted by molar-refractivity contribution is 6.35. The second-order valence-electron chi connectivity index (χ2n) is 9.39. The van der Waals surface area contributed by atoms with Gasteiger partial charge in [0.2, 0.25) is 5.88 Å². The van der Waals surface area contributed by atoms with E-state index in [-0.39, 0.29) is 23.8 Å². The summed E-state index contributed by atoms with van der Waals surface area (Å²) in [6.45, 7) is 2.23. The van der Waals surface area contributed by atoms with Crippen molar-refractivity contribution in [1.29, 1.82) is 5.26 Å². The van der Waals surface area contributed by atoms with Crippen molar-refractivity contribution in [2.75, 3.05) is 0 Å². The molecule has 4 aromatic rings. The maximum atomic E-state index is 12.5. The molecule has 1 unspecified atom stereocenters. The van der Waals surface area contributed by atoms with Gasteiger partial charge in [-0.2, -0.15) is 5.26 Å². The SMILES string of the molecule is Cc1ccc(/C=C/C(=O)Oc2ccc3c(c2)OC(N)=C(C#N)C3c2cccc(OCc3ccc(Cl)cc3Cl)c2)cc1. The molecule has 4 aromatic carbocycles. The average molecular weight is 583 g/mol. The van der Waals surface area contributed by atoms with Crippen LogP contribution in [0.3, 0.4) is 0 Å². The lowest BCUT2D eigenvalue weighted by Crippen LogP contribution is -2.21. The maximum absolute atomic E-state index is 12.5. The van der Waals surface area contributed by atoms with Crippen LogP contribution >= 0.6 is 23.2 Å². The molecule has 5 rings (SSSR count). The van der Waals surface area contributed by atoms with Crippen molar-refractivity contribution < 1.29 is 19.0 Å². The van der Waals surface area contributed by atoms with Crippen LogP contribution in [0.2, 0.25) is 10.0 Å². The molecule has 8 heteroatoms. The van der Waals surface area contributed by atoms with Crippen LogP contribution in [0.4, 0.5) is 0 Å². The third-order valence-electron chi connectivity index (χ3n) is 6.50. The van der Waals surface area contributed by atoms with E-state index in [1.807, 2.05) is 61.5 Å². The van der Waals surface area contributed by atoms with Gasteiger partial charge in [-0.1, -0.05) is 77.3 Å². The number of fused-ring (bicyclic) bond motifs is 1. The van der Waals surface area contributed by atoms with E-state index >= 15 is 0 Å². The molecule has 1 atom stereocenters. The molecule has 41 heavy (non-hydrogen) atoms. The zero-order chi connectivity index (χ0) is 28.9. The number of carbonyl (C=O) groups is 1. The molecule has 1 aliphatic heterocycles. The van der Waals surface area contributed by atoms with Gasteiger partial charge in [0.25, 0.3) is 0 Å². The second kappa shape index (κ2) is 12.2. The topological polar surface area (TPSA) is 94.6 Å². The van der Waals surface area contributed by atoms with Gasteiger partial charge in [-0.25, -0.2) is 4.79 Å². The van der Waals surface area contributed by atoms with Gasteiger partial charge >= 0.3 is 5.97 Å². The van der Waals surface area contributed by atoms with Gasteiger partial charge in [0.15, 0.2) is 0 Å². The predicted molar refractivity (Wildman–Crippen MR) is 159 cm³/mol. The van der Waals surface area contributed by atoms with Crippen LogP contribution in [-0.4, -0.2) is 5.97 Å². The fraction of sp³-hybridized carbons (Fsp3) is 0.0909. The lowest BCUT2D eigenvalue weighted by Gasteiger charge is -2.27. The molecule has 0 bridgehead atoms. The van der Waals surface area contributed by atoms with E-state index in [2.05, 4.69) is 6.07 Å². The highest BCUT2D eigenvalue weighted by Crippen LogP contribution is 2.44. The van der Waals surface area contributed by atoms with Gasteiger partial charge in [-0.3, -0.25) is 0 Å². The first-order valence-corrected chi connectivity index (χ1v) is 13.4. The molecular weight excluding hydrogens is 559 g/mol. The van der Waals surface area contributed by atoms with Crippen LogP contribution in [0.25, 0.3) is 6.08 Å². The molecule has 0 spiro atoms. The Morgan fingerprint density at radius 3 is 2.59 bits per heavy atom. The van der Waals surface area contributed by atoms with Gasteiger partial charge in [-0.15, -0.1) is 0 Å². The number of nitriles is 1. The standard InChI is InChI=1S/C33H24Cl2N2O4/c1-20-5-7-21(8-6-20)9-14-31(38)40-26-12-13-27-30(17-26)41-33(37)28(18-36)32(27)22-3-2-4-25(15-22)39-19-23-10-11-24(34)16-29(23)35/h2-17,32H,19,37H2,1H3/b14-9+. The minimum atomic E-state index is -0.537. The van der Waals surface area contributed by atoms with Crippen LogP contribution in [0, 0.1) is 18.3 Å². The molecule has 1 heterocycles. The lowest BCUT2D eigenvalue weighted by atomic mass is 9.83. The van der Waals surface area contributed by atoms with Gasteiger partial charge in [0.1, 0.15) is 35.5 Å². The summed E-state index contributed by atoms with van der Waals surface area (Å²) in [6.07, 6.45) is 3.04. The maximum Gasteiger partial charge on any atom is 0.336 e. The van der Waals surface area contributed by atoms with Crippen molar-refractivity contribution in [1.82, 2.24) is 0 Å². The van der Waals surface area contributed by atoms with E-state index in [9.17, 15) is 10.1 Å². The molecular formula is C33H24Cl2N2O4. The van der Waals surface area contributed by atoms with Crippen LogP contribution in [0.5, 0.6) is 17.2 Å². The number of halogens is 2. The molecule has 0 aromatic heterocycles. The minimum absolute atomic E-state index is 0.0213. The predicted octanol–water partition coefficient (Wildman–Crippen LogP) is 7.72. The number of aryl methyl sites for hydroxylation is 1. The first-order valence-electron chi connectivity index (χ1n) is 12.7. The van der Waals surface area contributed by atoms with Crippen molar-refractivity contribution in [2.45, 2.75) is 19.4 Å². The van der Waals surface area contributed by atoms with E-state index in [1.165, 1.54) is 6.08 Å². The van der Waals surface area contributed by atoms with Gasteiger partial charge in [0, 0.05) is 33.3 Å². The summed E-state index contributed by atoms with van der Waals surface area (Å²) in [5.41, 5.74) is 10.7. The molecule has 204 valence electrons. The van der Waals surface area contributed by atoms with E-state index in [1.54, 1.807) is 36.4 Å².